The molecule has 0 amide bonds. The number of hydrogen-bond acceptors (Lipinski definition) is 5. The van der Waals surface area contributed by atoms with Gasteiger partial charge in [0, 0.05) is 43.6 Å². The molecule has 0 bridgehead atoms. The second-order valence-corrected chi connectivity index (χ2v) is 8.84. The summed E-state index contributed by atoms with van der Waals surface area (Å²) in [6.07, 6.45) is -2.73. The number of aromatic nitrogens is 4. The van der Waals surface area contributed by atoms with Crippen LogP contribution >= 0.6 is 0 Å². The number of alkyl halides is 3. The second-order valence-electron chi connectivity index (χ2n) is 8.84. The average molecular weight is 473 g/mol. The predicted octanol–water partition coefficient (Wildman–Crippen LogP) is 5.33. The molecule has 2 atom stereocenters. The number of rotatable bonds is 5. The van der Waals surface area contributed by atoms with Crippen LogP contribution in [0.3, 0.4) is 0 Å². The van der Waals surface area contributed by atoms with Gasteiger partial charge < -0.3 is 4.74 Å². The van der Waals surface area contributed by atoms with Crippen LogP contribution in [0.5, 0.6) is 0 Å². The first-order valence-electron chi connectivity index (χ1n) is 11.2. The normalized spacial score (nSPS) is 18.9. The number of nitrogens with zero attached hydrogens (tertiary/aromatic N) is 4. The van der Waals surface area contributed by atoms with Crippen LogP contribution in [0.15, 0.2) is 35.8 Å². The van der Waals surface area contributed by atoms with E-state index in [0.29, 0.717) is 36.5 Å². The van der Waals surface area contributed by atoms with Crippen LogP contribution < -0.4 is 5.56 Å². The zero-order valence-corrected chi connectivity index (χ0v) is 19.4. The van der Waals surface area contributed by atoms with Gasteiger partial charge in [0.25, 0.3) is 5.56 Å². The quantitative estimate of drug-likeness (QED) is 0.502. The van der Waals surface area contributed by atoms with E-state index in [4.69, 9.17) is 9.72 Å². The Bertz CT molecular complexity index is 1300. The Morgan fingerprint density at radius 2 is 2.03 bits per heavy atom. The maximum atomic E-state index is 13.0. The molecule has 9 heteroatoms. The van der Waals surface area contributed by atoms with E-state index in [0.717, 1.165) is 11.3 Å². The average Bonchev–Trinajstić information content (AvgIpc) is 2.80. The van der Waals surface area contributed by atoms with Gasteiger partial charge in [-0.05, 0) is 62.4 Å². The monoisotopic (exact) mass is 472 g/mol. The molecule has 3 aromatic heterocycles. The Morgan fingerprint density at radius 1 is 1.26 bits per heavy atom. The molecule has 6 nitrogen and oxygen atoms in total. The third kappa shape index (κ3) is 5.04. The zero-order chi connectivity index (χ0) is 24.6. The Hall–Kier alpha value is -3.07. The smallest absolute Gasteiger partial charge is 0.373 e. The molecule has 0 spiro atoms. The SMILES string of the molecule is C=C(CCC(F)(F)F)c1nc([C@@H]2CCO[C@@H](c3ccnc(C)c3)C2)cc2nc(C)n(C)c(=O)c12. The van der Waals surface area contributed by atoms with Crippen molar-refractivity contribution in [3.8, 4) is 0 Å². The molecule has 0 radical (unpaired) electrons. The van der Waals surface area contributed by atoms with Gasteiger partial charge in [-0.1, -0.05) is 6.58 Å². The highest BCUT2D eigenvalue weighted by atomic mass is 19.4. The van der Waals surface area contributed by atoms with Gasteiger partial charge in [-0.2, -0.15) is 13.2 Å². The summed E-state index contributed by atoms with van der Waals surface area (Å²) in [5.74, 6) is 0.510. The van der Waals surface area contributed by atoms with Crippen LogP contribution in [0, 0.1) is 13.8 Å². The van der Waals surface area contributed by atoms with Crippen LogP contribution in [0.25, 0.3) is 16.5 Å². The van der Waals surface area contributed by atoms with Crippen molar-refractivity contribution in [2.24, 2.45) is 7.05 Å². The summed E-state index contributed by atoms with van der Waals surface area (Å²) in [6, 6.07) is 5.70. The molecule has 180 valence electrons. The van der Waals surface area contributed by atoms with Crippen molar-refractivity contribution in [1.82, 2.24) is 19.5 Å². The third-order valence-electron chi connectivity index (χ3n) is 6.34. The molecule has 3 aromatic rings. The number of halogens is 3. The van der Waals surface area contributed by atoms with Gasteiger partial charge in [0.15, 0.2) is 0 Å². The third-order valence-corrected chi connectivity index (χ3v) is 6.34. The van der Waals surface area contributed by atoms with E-state index >= 15 is 0 Å². The van der Waals surface area contributed by atoms with Crippen LogP contribution in [-0.2, 0) is 11.8 Å². The summed E-state index contributed by atoms with van der Waals surface area (Å²) in [6.45, 7) is 8.01. The first-order chi connectivity index (χ1) is 16.0. The number of aryl methyl sites for hydroxylation is 2. The van der Waals surface area contributed by atoms with Gasteiger partial charge in [-0.25, -0.2) is 4.98 Å². The van der Waals surface area contributed by atoms with Gasteiger partial charge in [0.2, 0.25) is 0 Å². The summed E-state index contributed by atoms with van der Waals surface area (Å²) in [4.78, 5) is 26.5. The lowest BCUT2D eigenvalue weighted by Crippen LogP contribution is -2.24. The first-order valence-corrected chi connectivity index (χ1v) is 11.2. The molecule has 0 aromatic carbocycles. The van der Waals surface area contributed by atoms with Crippen molar-refractivity contribution >= 4 is 16.5 Å². The van der Waals surface area contributed by atoms with Gasteiger partial charge >= 0.3 is 6.18 Å². The lowest BCUT2D eigenvalue weighted by molar-refractivity contribution is -0.133. The summed E-state index contributed by atoms with van der Waals surface area (Å²) in [7, 11) is 1.58. The molecule has 4 rings (SSSR count). The molecular weight excluding hydrogens is 445 g/mol. The van der Waals surface area contributed by atoms with Crippen molar-refractivity contribution in [3.63, 3.8) is 0 Å². The number of ether oxygens (including phenoxy) is 1. The minimum Gasteiger partial charge on any atom is -0.373 e. The maximum absolute atomic E-state index is 13.0. The van der Waals surface area contributed by atoms with E-state index in [1.165, 1.54) is 4.57 Å². The fourth-order valence-corrected chi connectivity index (χ4v) is 4.36. The van der Waals surface area contributed by atoms with Crippen LogP contribution in [0.1, 0.15) is 66.2 Å². The Labute approximate surface area is 195 Å². The van der Waals surface area contributed by atoms with E-state index in [-0.39, 0.29) is 40.7 Å². The van der Waals surface area contributed by atoms with Crippen molar-refractivity contribution < 1.29 is 17.9 Å². The standard InChI is InChI=1S/C25H27F3N4O2/c1-14(5-8-25(26,27)28)23-22-20(30-16(3)32(4)24(22)33)13-19(31-23)17-7-10-34-21(12-17)18-6-9-29-15(2)11-18/h6,9,11,13,17,21H,1,5,7-8,10,12H2,2-4H3/t17-,21-/m1/s1. The van der Waals surface area contributed by atoms with Crippen molar-refractivity contribution in [3.05, 3.63) is 69.8 Å². The number of hydrogen-bond donors (Lipinski definition) is 0. The van der Waals surface area contributed by atoms with Crippen molar-refractivity contribution in [2.75, 3.05) is 6.61 Å². The molecule has 1 aliphatic heterocycles. The lowest BCUT2D eigenvalue weighted by Gasteiger charge is -2.30. The van der Waals surface area contributed by atoms with E-state index in [2.05, 4.69) is 16.5 Å². The molecule has 1 fully saturated rings. The fraction of sp³-hybridized carbons (Fsp3) is 0.440. The topological polar surface area (TPSA) is 69.9 Å². The molecule has 4 heterocycles. The first kappa shape index (κ1) is 24.1. The zero-order valence-electron chi connectivity index (χ0n) is 19.4. The fourth-order valence-electron chi connectivity index (χ4n) is 4.36. The highest BCUT2D eigenvalue weighted by Crippen LogP contribution is 2.38. The minimum atomic E-state index is -4.33. The lowest BCUT2D eigenvalue weighted by atomic mass is 9.88. The van der Waals surface area contributed by atoms with Crippen LogP contribution in [0.4, 0.5) is 13.2 Å². The second kappa shape index (κ2) is 9.29. The van der Waals surface area contributed by atoms with E-state index < -0.39 is 12.6 Å². The molecule has 0 unspecified atom stereocenters. The van der Waals surface area contributed by atoms with E-state index in [1.54, 1.807) is 26.2 Å². The summed E-state index contributed by atoms with van der Waals surface area (Å²) >= 11 is 0. The molecule has 1 saturated heterocycles. The van der Waals surface area contributed by atoms with E-state index in [1.807, 2.05) is 19.1 Å². The molecular formula is C25H27F3N4O2. The highest BCUT2D eigenvalue weighted by molar-refractivity contribution is 5.89. The van der Waals surface area contributed by atoms with Gasteiger partial charge in [-0.15, -0.1) is 0 Å². The Kier molecular flexibility index (Phi) is 6.58. The number of pyridine rings is 2. The molecule has 0 aliphatic carbocycles. The van der Waals surface area contributed by atoms with E-state index in [9.17, 15) is 18.0 Å². The van der Waals surface area contributed by atoms with Crippen LogP contribution in [0.2, 0.25) is 0 Å². The molecule has 0 saturated carbocycles. The number of fused-ring (bicyclic) bond motifs is 1. The summed E-state index contributed by atoms with van der Waals surface area (Å²) in [5, 5.41) is 0.206. The largest absolute Gasteiger partial charge is 0.389 e. The predicted molar refractivity (Wildman–Crippen MR) is 123 cm³/mol. The summed E-state index contributed by atoms with van der Waals surface area (Å²) < 4.78 is 46.0. The maximum Gasteiger partial charge on any atom is 0.389 e. The molecule has 34 heavy (non-hydrogen) atoms. The van der Waals surface area contributed by atoms with Crippen molar-refractivity contribution in [2.45, 2.75) is 57.7 Å². The van der Waals surface area contributed by atoms with Gasteiger partial charge in [0.05, 0.1) is 22.7 Å². The minimum absolute atomic E-state index is 0.00282. The summed E-state index contributed by atoms with van der Waals surface area (Å²) in [5.41, 5.74) is 3.07. The Balaban J connectivity index is 1.76. The number of allylic oxidation sites excluding steroid dienone is 1. The van der Waals surface area contributed by atoms with Crippen molar-refractivity contribution in [1.29, 1.82) is 0 Å². The molecule has 0 N–H and O–H groups in total. The Morgan fingerprint density at radius 3 is 2.74 bits per heavy atom. The highest BCUT2D eigenvalue weighted by Gasteiger charge is 2.30. The van der Waals surface area contributed by atoms with Crippen LogP contribution in [-0.4, -0.2) is 32.3 Å². The van der Waals surface area contributed by atoms with Gasteiger partial charge in [0.1, 0.15) is 5.82 Å². The van der Waals surface area contributed by atoms with Gasteiger partial charge in [-0.3, -0.25) is 19.3 Å². The molecule has 1 aliphatic rings.